The van der Waals surface area contributed by atoms with Gasteiger partial charge in [-0.15, -0.1) is 0 Å². The Bertz CT molecular complexity index is 561. The Morgan fingerprint density at radius 1 is 1.26 bits per heavy atom. The van der Waals surface area contributed by atoms with Crippen LogP contribution in [0.15, 0.2) is 24.3 Å². The number of ketones is 1. The molecule has 1 aromatic carbocycles. The number of ether oxygens (including phenoxy) is 1. The lowest BCUT2D eigenvalue weighted by Gasteiger charge is -2.14. The molecular formula is C16H21NO5S. The van der Waals surface area contributed by atoms with Gasteiger partial charge in [-0.1, -0.05) is 12.1 Å². The van der Waals surface area contributed by atoms with E-state index in [2.05, 4.69) is 5.32 Å². The highest BCUT2D eigenvalue weighted by atomic mass is 32.2. The summed E-state index contributed by atoms with van der Waals surface area (Å²) in [5, 5.41) is 11.5. The molecule has 0 saturated carbocycles. The minimum absolute atomic E-state index is 0.00106. The van der Waals surface area contributed by atoms with Crippen LogP contribution in [0.1, 0.15) is 29.6 Å². The van der Waals surface area contributed by atoms with Gasteiger partial charge in [-0.05, 0) is 30.6 Å². The average molecular weight is 339 g/mol. The van der Waals surface area contributed by atoms with Gasteiger partial charge in [0.25, 0.3) is 0 Å². The molecule has 0 aliphatic rings. The minimum Gasteiger partial charge on any atom is -0.496 e. The number of carboxylic acid groups (broad SMARTS) is 1. The summed E-state index contributed by atoms with van der Waals surface area (Å²) in [5.74, 6) is -0.628. The van der Waals surface area contributed by atoms with Gasteiger partial charge in [-0.3, -0.25) is 9.59 Å². The van der Waals surface area contributed by atoms with Gasteiger partial charge in [-0.2, -0.15) is 11.8 Å². The summed E-state index contributed by atoms with van der Waals surface area (Å²) in [5.41, 5.74) is 0.417. The highest BCUT2D eigenvalue weighted by Crippen LogP contribution is 2.19. The molecule has 0 bridgehead atoms. The first-order valence-corrected chi connectivity index (χ1v) is 8.56. The second-order valence-corrected chi connectivity index (χ2v) is 5.85. The number of hydrogen-bond donors (Lipinski definition) is 2. The van der Waals surface area contributed by atoms with E-state index in [1.165, 1.54) is 18.9 Å². The van der Waals surface area contributed by atoms with E-state index in [4.69, 9.17) is 9.84 Å². The van der Waals surface area contributed by atoms with Gasteiger partial charge in [-0.25, -0.2) is 4.79 Å². The summed E-state index contributed by atoms with van der Waals surface area (Å²) in [6, 6.07) is 5.87. The fourth-order valence-corrected chi connectivity index (χ4v) is 2.47. The van der Waals surface area contributed by atoms with Crippen molar-refractivity contribution in [3.8, 4) is 5.75 Å². The molecule has 126 valence electrons. The molecule has 7 heteroatoms. The topological polar surface area (TPSA) is 92.7 Å². The molecule has 0 saturated heterocycles. The van der Waals surface area contributed by atoms with Crippen molar-refractivity contribution in [2.24, 2.45) is 0 Å². The molecule has 1 atom stereocenters. The Morgan fingerprint density at radius 2 is 1.96 bits per heavy atom. The summed E-state index contributed by atoms with van der Waals surface area (Å²) >= 11 is 1.51. The summed E-state index contributed by atoms with van der Waals surface area (Å²) < 4.78 is 5.11. The maximum atomic E-state index is 12.1. The summed E-state index contributed by atoms with van der Waals surface area (Å²) in [7, 11) is 1.47. The molecule has 1 amide bonds. The first kappa shape index (κ1) is 19.0. The Labute approximate surface area is 139 Å². The van der Waals surface area contributed by atoms with Crippen molar-refractivity contribution in [2.75, 3.05) is 19.1 Å². The van der Waals surface area contributed by atoms with Crippen molar-refractivity contribution < 1.29 is 24.2 Å². The highest BCUT2D eigenvalue weighted by Gasteiger charge is 2.20. The summed E-state index contributed by atoms with van der Waals surface area (Å²) in [4.78, 5) is 35.1. The average Bonchev–Trinajstić information content (AvgIpc) is 2.56. The fraction of sp³-hybridized carbons (Fsp3) is 0.438. The molecule has 0 fully saturated rings. The van der Waals surface area contributed by atoms with Crippen LogP contribution in [-0.4, -0.2) is 47.9 Å². The van der Waals surface area contributed by atoms with Gasteiger partial charge in [0.05, 0.1) is 12.7 Å². The van der Waals surface area contributed by atoms with Crippen molar-refractivity contribution in [2.45, 2.75) is 25.3 Å². The zero-order chi connectivity index (χ0) is 17.2. The third kappa shape index (κ3) is 6.32. The number of thioether (sulfide) groups is 1. The lowest BCUT2D eigenvalue weighted by molar-refractivity contribution is -0.141. The SMILES string of the molecule is COc1ccccc1C(=O)CCC(=O)N[C@@H](CCSC)C(=O)O. The number of methoxy groups -OCH3 is 1. The lowest BCUT2D eigenvalue weighted by Crippen LogP contribution is -2.41. The third-order valence-corrected chi connectivity index (χ3v) is 3.87. The number of hydrogen-bond acceptors (Lipinski definition) is 5. The molecule has 0 aromatic heterocycles. The van der Waals surface area contributed by atoms with Crippen LogP contribution < -0.4 is 10.1 Å². The number of carbonyl (C=O) groups excluding carboxylic acids is 2. The van der Waals surface area contributed by atoms with Crippen molar-refractivity contribution >= 4 is 29.4 Å². The largest absolute Gasteiger partial charge is 0.496 e. The van der Waals surface area contributed by atoms with E-state index in [1.807, 2.05) is 6.26 Å². The zero-order valence-corrected chi connectivity index (χ0v) is 14.0. The van der Waals surface area contributed by atoms with E-state index in [-0.39, 0.29) is 18.6 Å². The zero-order valence-electron chi connectivity index (χ0n) is 13.2. The fourth-order valence-electron chi connectivity index (χ4n) is 2.00. The molecule has 23 heavy (non-hydrogen) atoms. The van der Waals surface area contributed by atoms with E-state index < -0.39 is 17.9 Å². The minimum atomic E-state index is -1.07. The Morgan fingerprint density at radius 3 is 2.57 bits per heavy atom. The standard InChI is InChI=1S/C16H21NO5S/c1-22-14-6-4-3-5-11(14)13(18)7-8-15(19)17-12(16(20)21)9-10-23-2/h3-6,12H,7-10H2,1-2H3,(H,17,19)(H,20,21)/t12-/m0/s1. The number of para-hydroxylation sites is 1. The molecule has 0 heterocycles. The van der Waals surface area contributed by atoms with Crippen LogP contribution in [0.5, 0.6) is 5.75 Å². The Kier molecular flexibility index (Phi) is 8.18. The smallest absolute Gasteiger partial charge is 0.326 e. The van der Waals surface area contributed by atoms with Crippen LogP contribution in [-0.2, 0) is 9.59 Å². The monoisotopic (exact) mass is 339 g/mol. The van der Waals surface area contributed by atoms with Crippen LogP contribution in [0.3, 0.4) is 0 Å². The third-order valence-electron chi connectivity index (χ3n) is 3.23. The number of Topliss-reactive ketones (excluding diaryl/α,β-unsaturated/α-hetero) is 1. The van der Waals surface area contributed by atoms with Crippen molar-refractivity contribution in [3.63, 3.8) is 0 Å². The van der Waals surface area contributed by atoms with Gasteiger partial charge in [0.15, 0.2) is 5.78 Å². The van der Waals surface area contributed by atoms with E-state index in [0.717, 1.165) is 0 Å². The molecule has 0 aliphatic carbocycles. The van der Waals surface area contributed by atoms with Crippen LogP contribution in [0.2, 0.25) is 0 Å². The predicted molar refractivity (Wildman–Crippen MR) is 89.1 cm³/mol. The van der Waals surface area contributed by atoms with Crippen molar-refractivity contribution in [1.82, 2.24) is 5.32 Å². The number of carboxylic acids is 1. The van der Waals surface area contributed by atoms with Gasteiger partial charge < -0.3 is 15.2 Å². The van der Waals surface area contributed by atoms with Crippen LogP contribution in [0.25, 0.3) is 0 Å². The maximum Gasteiger partial charge on any atom is 0.326 e. The molecule has 1 aromatic rings. The van der Waals surface area contributed by atoms with Crippen LogP contribution in [0, 0.1) is 0 Å². The molecule has 2 N–H and O–H groups in total. The number of amides is 1. The van der Waals surface area contributed by atoms with Crippen molar-refractivity contribution in [3.05, 3.63) is 29.8 Å². The maximum absolute atomic E-state index is 12.1. The molecule has 6 nitrogen and oxygen atoms in total. The molecule has 1 rings (SSSR count). The lowest BCUT2D eigenvalue weighted by atomic mass is 10.1. The van der Waals surface area contributed by atoms with Gasteiger partial charge in [0, 0.05) is 12.8 Å². The van der Waals surface area contributed by atoms with Crippen LogP contribution in [0.4, 0.5) is 0 Å². The number of aliphatic carboxylic acids is 1. The summed E-state index contributed by atoms with van der Waals surface area (Å²) in [6.07, 6.45) is 2.16. The molecule has 0 radical (unpaired) electrons. The number of rotatable bonds is 10. The highest BCUT2D eigenvalue weighted by molar-refractivity contribution is 7.98. The van der Waals surface area contributed by atoms with E-state index >= 15 is 0 Å². The number of carbonyl (C=O) groups is 3. The molecule has 0 unspecified atom stereocenters. The molecular weight excluding hydrogens is 318 g/mol. The first-order chi connectivity index (χ1) is 11.0. The second-order valence-electron chi connectivity index (χ2n) is 4.86. The second kappa shape index (κ2) is 9.89. The van der Waals surface area contributed by atoms with Gasteiger partial charge in [0.2, 0.25) is 5.91 Å². The predicted octanol–water partition coefficient (Wildman–Crippen LogP) is 1.98. The van der Waals surface area contributed by atoms with Gasteiger partial charge in [0.1, 0.15) is 11.8 Å². The molecule has 0 aliphatic heterocycles. The normalized spacial score (nSPS) is 11.6. The van der Waals surface area contributed by atoms with Gasteiger partial charge >= 0.3 is 5.97 Å². The van der Waals surface area contributed by atoms with E-state index in [0.29, 0.717) is 23.5 Å². The van der Waals surface area contributed by atoms with Crippen molar-refractivity contribution in [1.29, 1.82) is 0 Å². The summed E-state index contributed by atoms with van der Waals surface area (Å²) in [6.45, 7) is 0. The van der Waals surface area contributed by atoms with Crippen LogP contribution >= 0.6 is 11.8 Å². The Hall–Kier alpha value is -2.02. The number of benzene rings is 1. The Balaban J connectivity index is 2.54. The first-order valence-electron chi connectivity index (χ1n) is 7.17. The van der Waals surface area contributed by atoms with E-state index in [1.54, 1.807) is 24.3 Å². The number of nitrogens with one attached hydrogen (secondary N) is 1. The quantitative estimate of drug-likeness (QED) is 0.633. The van der Waals surface area contributed by atoms with E-state index in [9.17, 15) is 14.4 Å². The molecule has 0 spiro atoms.